The molecule has 1 aromatic rings. The summed E-state index contributed by atoms with van der Waals surface area (Å²) in [5.41, 5.74) is 2.62. The first-order chi connectivity index (χ1) is 9.52. The highest BCUT2D eigenvalue weighted by Gasteiger charge is 2.27. The van der Waals surface area contributed by atoms with Crippen LogP contribution in [0, 0.1) is 11.2 Å². The van der Waals surface area contributed by atoms with Crippen molar-refractivity contribution in [3.63, 3.8) is 0 Å². The van der Waals surface area contributed by atoms with Gasteiger partial charge >= 0.3 is 0 Å². The minimum Gasteiger partial charge on any atom is -0.371 e. The molecule has 0 saturated carbocycles. The van der Waals surface area contributed by atoms with Crippen LogP contribution < -0.4 is 10.2 Å². The largest absolute Gasteiger partial charge is 0.371 e. The van der Waals surface area contributed by atoms with Crippen molar-refractivity contribution >= 4 is 5.69 Å². The van der Waals surface area contributed by atoms with Gasteiger partial charge in [-0.3, -0.25) is 0 Å². The molecule has 0 bridgehead atoms. The van der Waals surface area contributed by atoms with Gasteiger partial charge in [0.25, 0.3) is 0 Å². The molecule has 20 heavy (non-hydrogen) atoms. The smallest absolute Gasteiger partial charge is 0.123 e. The van der Waals surface area contributed by atoms with Gasteiger partial charge in [0.15, 0.2) is 0 Å². The van der Waals surface area contributed by atoms with E-state index in [2.05, 4.69) is 31.0 Å². The van der Waals surface area contributed by atoms with Gasteiger partial charge in [0.2, 0.25) is 0 Å². The lowest BCUT2D eigenvalue weighted by Crippen LogP contribution is -2.40. The second kappa shape index (κ2) is 6.57. The summed E-state index contributed by atoms with van der Waals surface area (Å²) in [6, 6.07) is 5.21. The number of nitrogens with one attached hydrogen (secondary N) is 1. The maximum absolute atomic E-state index is 13.5. The van der Waals surface area contributed by atoms with E-state index < -0.39 is 0 Å². The molecule has 0 unspecified atom stereocenters. The third kappa shape index (κ3) is 3.95. The Kier molecular flexibility index (Phi) is 5.03. The summed E-state index contributed by atoms with van der Waals surface area (Å²) in [5, 5.41) is 3.39. The molecule has 1 fully saturated rings. The minimum absolute atomic E-state index is 0.140. The highest BCUT2D eigenvalue weighted by atomic mass is 19.1. The molecule has 1 heterocycles. The van der Waals surface area contributed by atoms with Gasteiger partial charge in [-0.2, -0.15) is 0 Å². The second-order valence-electron chi connectivity index (χ2n) is 6.64. The Hall–Kier alpha value is -1.09. The molecule has 1 aliphatic rings. The molecule has 0 radical (unpaired) electrons. The number of hydrogen-bond donors (Lipinski definition) is 1. The van der Waals surface area contributed by atoms with Gasteiger partial charge in [0, 0.05) is 25.3 Å². The Balaban J connectivity index is 2.17. The molecular weight excluding hydrogens is 251 g/mol. The first kappa shape index (κ1) is 15.3. The van der Waals surface area contributed by atoms with Crippen molar-refractivity contribution in [1.29, 1.82) is 0 Å². The van der Waals surface area contributed by atoms with Gasteiger partial charge in [-0.25, -0.2) is 4.39 Å². The predicted octanol–water partition coefficient (Wildman–Crippen LogP) is 3.95. The summed E-state index contributed by atoms with van der Waals surface area (Å²) in [6.45, 7) is 10.6. The molecule has 3 heteroatoms. The summed E-state index contributed by atoms with van der Waals surface area (Å²) in [5.74, 6) is -0.140. The van der Waals surface area contributed by atoms with Crippen molar-refractivity contribution in [1.82, 2.24) is 5.32 Å². The second-order valence-corrected chi connectivity index (χ2v) is 6.64. The molecular formula is C17H27FN2. The van der Waals surface area contributed by atoms with Crippen LogP contribution in [-0.4, -0.2) is 19.6 Å². The SMILES string of the molecule is CCCNCc1cc(F)ccc1N1CCCC(C)(C)C1. The molecule has 1 aromatic carbocycles. The van der Waals surface area contributed by atoms with Crippen molar-refractivity contribution in [3.8, 4) is 0 Å². The summed E-state index contributed by atoms with van der Waals surface area (Å²) in [4.78, 5) is 2.42. The quantitative estimate of drug-likeness (QED) is 0.820. The zero-order valence-electron chi connectivity index (χ0n) is 13.0. The fourth-order valence-electron chi connectivity index (χ4n) is 3.03. The van der Waals surface area contributed by atoms with Crippen LogP contribution in [0.2, 0.25) is 0 Å². The van der Waals surface area contributed by atoms with Crippen molar-refractivity contribution in [2.24, 2.45) is 5.41 Å². The Labute approximate surface area is 122 Å². The average Bonchev–Trinajstić information content (AvgIpc) is 2.38. The molecule has 0 aliphatic carbocycles. The van der Waals surface area contributed by atoms with E-state index in [0.717, 1.165) is 38.2 Å². The van der Waals surface area contributed by atoms with Gasteiger partial charge in [0.1, 0.15) is 5.82 Å². The van der Waals surface area contributed by atoms with Crippen LogP contribution >= 0.6 is 0 Å². The first-order valence-corrected chi connectivity index (χ1v) is 7.76. The number of nitrogens with zero attached hydrogens (tertiary/aromatic N) is 1. The Bertz CT molecular complexity index is 443. The van der Waals surface area contributed by atoms with Gasteiger partial charge in [0.05, 0.1) is 0 Å². The van der Waals surface area contributed by atoms with E-state index in [1.807, 2.05) is 6.07 Å². The average molecular weight is 278 g/mol. The normalized spacial score (nSPS) is 18.3. The summed E-state index contributed by atoms with van der Waals surface area (Å²) in [6.07, 6.45) is 3.59. The highest BCUT2D eigenvalue weighted by molar-refractivity contribution is 5.54. The maximum atomic E-state index is 13.5. The molecule has 0 atom stereocenters. The van der Waals surface area contributed by atoms with Crippen LogP contribution in [0.3, 0.4) is 0 Å². The van der Waals surface area contributed by atoms with Gasteiger partial charge < -0.3 is 10.2 Å². The lowest BCUT2D eigenvalue weighted by molar-refractivity contribution is 0.293. The molecule has 0 amide bonds. The van der Waals surface area contributed by atoms with Crippen molar-refractivity contribution in [2.45, 2.75) is 46.6 Å². The molecule has 2 rings (SSSR count). The first-order valence-electron chi connectivity index (χ1n) is 7.76. The maximum Gasteiger partial charge on any atom is 0.123 e. The van der Waals surface area contributed by atoms with E-state index in [-0.39, 0.29) is 5.82 Å². The third-order valence-electron chi connectivity index (χ3n) is 4.02. The van der Waals surface area contributed by atoms with E-state index in [9.17, 15) is 4.39 Å². The van der Waals surface area contributed by atoms with E-state index in [0.29, 0.717) is 5.41 Å². The van der Waals surface area contributed by atoms with E-state index >= 15 is 0 Å². The van der Waals surface area contributed by atoms with Crippen molar-refractivity contribution in [2.75, 3.05) is 24.5 Å². The molecule has 1 saturated heterocycles. The fraction of sp³-hybridized carbons (Fsp3) is 0.647. The van der Waals surface area contributed by atoms with E-state index in [4.69, 9.17) is 0 Å². The number of hydrogen-bond acceptors (Lipinski definition) is 2. The lowest BCUT2D eigenvalue weighted by atomic mass is 9.84. The van der Waals surface area contributed by atoms with E-state index in [1.54, 1.807) is 12.1 Å². The number of benzene rings is 1. The topological polar surface area (TPSA) is 15.3 Å². The monoisotopic (exact) mass is 278 g/mol. The van der Waals surface area contributed by atoms with Crippen LogP contribution in [0.15, 0.2) is 18.2 Å². The molecule has 2 nitrogen and oxygen atoms in total. The molecule has 1 N–H and O–H groups in total. The molecule has 112 valence electrons. The van der Waals surface area contributed by atoms with Crippen LogP contribution in [0.25, 0.3) is 0 Å². The van der Waals surface area contributed by atoms with Gasteiger partial charge in [-0.1, -0.05) is 20.8 Å². The highest BCUT2D eigenvalue weighted by Crippen LogP contribution is 2.33. The Morgan fingerprint density at radius 1 is 1.35 bits per heavy atom. The van der Waals surface area contributed by atoms with Crippen molar-refractivity contribution in [3.05, 3.63) is 29.6 Å². The number of halogens is 1. The minimum atomic E-state index is -0.140. The lowest BCUT2D eigenvalue weighted by Gasteiger charge is -2.40. The summed E-state index contributed by atoms with van der Waals surface area (Å²) < 4.78 is 13.5. The summed E-state index contributed by atoms with van der Waals surface area (Å²) >= 11 is 0. The Morgan fingerprint density at radius 2 is 2.15 bits per heavy atom. The number of piperidine rings is 1. The number of anilines is 1. The van der Waals surface area contributed by atoms with Gasteiger partial charge in [-0.15, -0.1) is 0 Å². The standard InChI is InChI=1S/C17H27FN2/c1-4-9-19-12-14-11-15(18)6-7-16(14)20-10-5-8-17(2,3)13-20/h6-7,11,19H,4-5,8-10,12-13H2,1-3H3. The van der Waals surface area contributed by atoms with Crippen LogP contribution in [0.4, 0.5) is 10.1 Å². The van der Waals surface area contributed by atoms with Crippen LogP contribution in [0.1, 0.15) is 45.6 Å². The third-order valence-corrected chi connectivity index (χ3v) is 4.02. The molecule has 0 aromatic heterocycles. The zero-order chi connectivity index (χ0) is 14.6. The van der Waals surface area contributed by atoms with Crippen LogP contribution in [-0.2, 0) is 6.54 Å². The predicted molar refractivity (Wildman–Crippen MR) is 83.6 cm³/mol. The molecule has 0 spiro atoms. The van der Waals surface area contributed by atoms with Crippen molar-refractivity contribution < 1.29 is 4.39 Å². The zero-order valence-corrected chi connectivity index (χ0v) is 13.0. The number of rotatable bonds is 5. The fourth-order valence-corrected chi connectivity index (χ4v) is 3.03. The van der Waals surface area contributed by atoms with Gasteiger partial charge in [-0.05, 0) is 55.0 Å². The van der Waals surface area contributed by atoms with E-state index in [1.165, 1.54) is 18.5 Å². The Morgan fingerprint density at radius 3 is 2.85 bits per heavy atom. The molecule has 1 aliphatic heterocycles. The summed E-state index contributed by atoms with van der Waals surface area (Å²) in [7, 11) is 0. The van der Waals surface area contributed by atoms with Crippen LogP contribution in [0.5, 0.6) is 0 Å².